The Labute approximate surface area is 114 Å². The van der Waals surface area contributed by atoms with E-state index < -0.39 is 0 Å². The molecule has 0 saturated heterocycles. The Bertz CT molecular complexity index is 354. The molecule has 0 saturated carbocycles. The van der Waals surface area contributed by atoms with Crippen LogP contribution in [-0.4, -0.2) is 31.1 Å². The van der Waals surface area contributed by atoms with Gasteiger partial charge in [-0.2, -0.15) is 0 Å². The van der Waals surface area contributed by atoms with Crippen molar-refractivity contribution in [2.75, 3.05) is 26.2 Å². The van der Waals surface area contributed by atoms with E-state index in [0.717, 1.165) is 32.6 Å². The van der Waals surface area contributed by atoms with Gasteiger partial charge in [-0.05, 0) is 44.7 Å². The van der Waals surface area contributed by atoms with E-state index in [2.05, 4.69) is 24.1 Å². The third-order valence-corrected chi connectivity index (χ3v) is 3.29. The quantitative estimate of drug-likeness (QED) is 0.731. The average Bonchev–Trinajstić information content (AvgIpc) is 2.36. The van der Waals surface area contributed by atoms with Crippen LogP contribution in [-0.2, 0) is 6.54 Å². The maximum atomic E-state index is 13.5. The monoisotopic (exact) mass is 272 g/mol. The van der Waals surface area contributed by atoms with E-state index in [1.807, 2.05) is 0 Å². The molecular weight excluding hydrogens is 251 g/mol. The number of hydrogen-bond donors (Lipinski definition) is 1. The molecule has 1 aromatic rings. The van der Waals surface area contributed by atoms with Crippen LogP contribution in [0.5, 0.6) is 0 Å². The molecule has 102 valence electrons. The summed E-state index contributed by atoms with van der Waals surface area (Å²) in [7, 11) is 0. The summed E-state index contributed by atoms with van der Waals surface area (Å²) in [6, 6.07) is 4.81. The normalized spacial score (nSPS) is 11.2. The molecule has 1 rings (SSSR count). The average molecular weight is 273 g/mol. The topological polar surface area (TPSA) is 15.3 Å². The van der Waals surface area contributed by atoms with Gasteiger partial charge in [-0.1, -0.05) is 31.5 Å². The van der Waals surface area contributed by atoms with Crippen molar-refractivity contribution in [3.05, 3.63) is 34.6 Å². The number of halogens is 2. The SMILES string of the molecule is CCN(CC)CCCNCc1ccc(Cl)cc1F. The van der Waals surface area contributed by atoms with Crippen molar-refractivity contribution in [2.24, 2.45) is 0 Å². The molecule has 4 heteroatoms. The van der Waals surface area contributed by atoms with E-state index in [1.54, 1.807) is 12.1 Å². The second kappa shape index (κ2) is 8.46. The van der Waals surface area contributed by atoms with E-state index in [4.69, 9.17) is 11.6 Å². The Kier molecular flexibility index (Phi) is 7.25. The minimum absolute atomic E-state index is 0.237. The van der Waals surface area contributed by atoms with Crippen molar-refractivity contribution >= 4 is 11.6 Å². The predicted octanol–water partition coefficient (Wildman–Crippen LogP) is 3.30. The van der Waals surface area contributed by atoms with Crippen molar-refractivity contribution in [3.8, 4) is 0 Å². The molecule has 0 heterocycles. The van der Waals surface area contributed by atoms with Crippen LogP contribution in [0.15, 0.2) is 18.2 Å². The largest absolute Gasteiger partial charge is 0.313 e. The summed E-state index contributed by atoms with van der Waals surface area (Å²) in [5, 5.41) is 3.70. The lowest BCUT2D eigenvalue weighted by Gasteiger charge is -2.17. The third-order valence-electron chi connectivity index (χ3n) is 3.05. The summed E-state index contributed by atoms with van der Waals surface area (Å²) in [4.78, 5) is 2.38. The molecule has 0 aromatic heterocycles. The summed E-state index contributed by atoms with van der Waals surface area (Å²) in [6.07, 6.45) is 1.08. The second-order valence-corrected chi connectivity index (χ2v) is 4.73. The third kappa shape index (κ3) is 5.34. The Balaban J connectivity index is 2.21. The maximum absolute atomic E-state index is 13.5. The molecule has 0 atom stereocenters. The summed E-state index contributed by atoms with van der Waals surface area (Å²) in [5.74, 6) is -0.237. The van der Waals surface area contributed by atoms with Gasteiger partial charge < -0.3 is 10.2 Å². The zero-order valence-corrected chi connectivity index (χ0v) is 11.9. The summed E-state index contributed by atoms with van der Waals surface area (Å²) >= 11 is 5.70. The Morgan fingerprint density at radius 3 is 2.61 bits per heavy atom. The van der Waals surface area contributed by atoms with Gasteiger partial charge in [0.25, 0.3) is 0 Å². The predicted molar refractivity (Wildman–Crippen MR) is 75.5 cm³/mol. The van der Waals surface area contributed by atoms with E-state index in [-0.39, 0.29) is 5.82 Å². The van der Waals surface area contributed by atoms with Gasteiger partial charge in [0.15, 0.2) is 0 Å². The van der Waals surface area contributed by atoms with Gasteiger partial charge in [0.1, 0.15) is 5.82 Å². The molecule has 0 spiro atoms. The van der Waals surface area contributed by atoms with Crippen LogP contribution in [0.2, 0.25) is 5.02 Å². The van der Waals surface area contributed by atoms with E-state index in [9.17, 15) is 4.39 Å². The highest BCUT2D eigenvalue weighted by atomic mass is 35.5. The molecule has 0 unspecified atom stereocenters. The van der Waals surface area contributed by atoms with Crippen LogP contribution in [0.4, 0.5) is 4.39 Å². The highest BCUT2D eigenvalue weighted by Gasteiger charge is 2.02. The van der Waals surface area contributed by atoms with Gasteiger partial charge in [-0.3, -0.25) is 0 Å². The number of rotatable bonds is 8. The number of benzene rings is 1. The van der Waals surface area contributed by atoms with Crippen LogP contribution >= 0.6 is 11.6 Å². The van der Waals surface area contributed by atoms with Crippen LogP contribution in [0.1, 0.15) is 25.8 Å². The number of nitrogens with zero attached hydrogens (tertiary/aromatic N) is 1. The fourth-order valence-electron chi connectivity index (χ4n) is 1.86. The van der Waals surface area contributed by atoms with Crippen molar-refractivity contribution in [1.29, 1.82) is 0 Å². The molecule has 0 bridgehead atoms. The molecule has 0 aliphatic carbocycles. The standard InChI is InChI=1S/C14H22ClFN2/c1-3-18(4-2)9-5-8-17-11-12-6-7-13(15)10-14(12)16/h6-7,10,17H,3-5,8-9,11H2,1-2H3. The first-order chi connectivity index (χ1) is 8.67. The molecule has 1 N–H and O–H groups in total. The first-order valence-electron chi connectivity index (χ1n) is 6.54. The van der Waals surface area contributed by atoms with Gasteiger partial charge in [-0.25, -0.2) is 4.39 Å². The van der Waals surface area contributed by atoms with Gasteiger partial charge in [0.05, 0.1) is 0 Å². The summed E-state index contributed by atoms with van der Waals surface area (Å²) in [6.45, 7) is 9.05. The van der Waals surface area contributed by atoms with Gasteiger partial charge in [0, 0.05) is 17.1 Å². The first-order valence-corrected chi connectivity index (χ1v) is 6.92. The van der Waals surface area contributed by atoms with Crippen LogP contribution in [0, 0.1) is 5.82 Å². The molecule has 0 fully saturated rings. The van der Waals surface area contributed by atoms with Crippen molar-refractivity contribution < 1.29 is 4.39 Å². The zero-order valence-electron chi connectivity index (χ0n) is 11.2. The molecular formula is C14H22ClFN2. The summed E-state index contributed by atoms with van der Waals surface area (Å²) in [5.41, 5.74) is 0.669. The van der Waals surface area contributed by atoms with Crippen molar-refractivity contribution in [1.82, 2.24) is 10.2 Å². The Hall–Kier alpha value is -0.640. The van der Waals surface area contributed by atoms with E-state index >= 15 is 0 Å². The molecule has 0 aliphatic heterocycles. The zero-order chi connectivity index (χ0) is 13.4. The molecule has 0 radical (unpaired) electrons. The van der Waals surface area contributed by atoms with Gasteiger partial charge in [0.2, 0.25) is 0 Å². The van der Waals surface area contributed by atoms with E-state index in [0.29, 0.717) is 17.1 Å². The second-order valence-electron chi connectivity index (χ2n) is 4.29. The van der Waals surface area contributed by atoms with Gasteiger partial charge >= 0.3 is 0 Å². The number of nitrogens with one attached hydrogen (secondary N) is 1. The maximum Gasteiger partial charge on any atom is 0.129 e. The number of hydrogen-bond acceptors (Lipinski definition) is 2. The van der Waals surface area contributed by atoms with Crippen molar-refractivity contribution in [3.63, 3.8) is 0 Å². The molecule has 0 aliphatic rings. The first kappa shape index (κ1) is 15.4. The van der Waals surface area contributed by atoms with Crippen LogP contribution in [0.3, 0.4) is 0 Å². The smallest absolute Gasteiger partial charge is 0.129 e. The Morgan fingerprint density at radius 2 is 2.00 bits per heavy atom. The van der Waals surface area contributed by atoms with Crippen LogP contribution in [0.25, 0.3) is 0 Å². The fourth-order valence-corrected chi connectivity index (χ4v) is 2.01. The Morgan fingerprint density at radius 1 is 1.28 bits per heavy atom. The summed E-state index contributed by atoms with van der Waals surface area (Å²) < 4.78 is 13.5. The highest BCUT2D eigenvalue weighted by molar-refractivity contribution is 6.30. The molecule has 1 aromatic carbocycles. The molecule has 18 heavy (non-hydrogen) atoms. The minimum Gasteiger partial charge on any atom is -0.313 e. The lowest BCUT2D eigenvalue weighted by molar-refractivity contribution is 0.298. The molecule has 0 amide bonds. The fraction of sp³-hybridized carbons (Fsp3) is 0.571. The molecule has 2 nitrogen and oxygen atoms in total. The van der Waals surface area contributed by atoms with E-state index in [1.165, 1.54) is 6.07 Å². The van der Waals surface area contributed by atoms with Crippen LogP contribution < -0.4 is 5.32 Å². The minimum atomic E-state index is -0.237. The lowest BCUT2D eigenvalue weighted by Crippen LogP contribution is -2.27. The van der Waals surface area contributed by atoms with Crippen molar-refractivity contribution in [2.45, 2.75) is 26.8 Å². The van der Waals surface area contributed by atoms with Gasteiger partial charge in [-0.15, -0.1) is 0 Å². The highest BCUT2D eigenvalue weighted by Crippen LogP contribution is 2.14. The lowest BCUT2D eigenvalue weighted by atomic mass is 10.2.